The number of halogens is 2. The van der Waals surface area contributed by atoms with Gasteiger partial charge in [0.05, 0.1) is 12.5 Å². The van der Waals surface area contributed by atoms with Crippen LogP contribution in [-0.2, 0) is 25.5 Å². The van der Waals surface area contributed by atoms with Gasteiger partial charge in [0.2, 0.25) is 0 Å². The summed E-state index contributed by atoms with van der Waals surface area (Å²) < 4.78 is 11.1. The van der Waals surface area contributed by atoms with Gasteiger partial charge in [0.1, 0.15) is 5.78 Å². The number of carbonyl (C=O) groups excluding carboxylic acids is 2. The number of esters is 1. The highest BCUT2D eigenvalue weighted by atomic mass is 79.9. The summed E-state index contributed by atoms with van der Waals surface area (Å²) in [6.07, 6.45) is 1.39. The molecule has 1 saturated heterocycles. The van der Waals surface area contributed by atoms with Gasteiger partial charge in [-0.05, 0) is 36.6 Å². The van der Waals surface area contributed by atoms with Gasteiger partial charge in [-0.3, -0.25) is 9.59 Å². The van der Waals surface area contributed by atoms with Gasteiger partial charge < -0.3 is 9.47 Å². The topological polar surface area (TPSA) is 52.6 Å². The summed E-state index contributed by atoms with van der Waals surface area (Å²) in [7, 11) is 1.36. The van der Waals surface area contributed by atoms with Crippen molar-refractivity contribution in [2.45, 2.75) is 25.7 Å². The van der Waals surface area contributed by atoms with E-state index in [4.69, 9.17) is 21.1 Å². The molecule has 1 fully saturated rings. The molecule has 1 aliphatic heterocycles. The highest BCUT2D eigenvalue weighted by Gasteiger charge is 2.42. The second-order valence-corrected chi connectivity index (χ2v) is 6.84. The van der Waals surface area contributed by atoms with Crippen LogP contribution in [0, 0.1) is 5.41 Å². The zero-order valence-corrected chi connectivity index (χ0v) is 14.7. The highest BCUT2D eigenvalue weighted by Crippen LogP contribution is 2.36. The van der Waals surface area contributed by atoms with Crippen LogP contribution in [0.3, 0.4) is 0 Å². The first kappa shape index (κ1) is 17.4. The van der Waals surface area contributed by atoms with Gasteiger partial charge in [-0.2, -0.15) is 0 Å². The van der Waals surface area contributed by atoms with Crippen LogP contribution in [-0.4, -0.2) is 32.1 Å². The van der Waals surface area contributed by atoms with E-state index < -0.39 is 5.41 Å². The third kappa shape index (κ3) is 4.09. The third-order valence-corrected chi connectivity index (χ3v) is 4.86. The Morgan fingerprint density at radius 2 is 2.05 bits per heavy atom. The van der Waals surface area contributed by atoms with Crippen LogP contribution in [0.5, 0.6) is 0 Å². The Morgan fingerprint density at radius 3 is 2.68 bits per heavy atom. The quantitative estimate of drug-likeness (QED) is 0.722. The minimum Gasteiger partial charge on any atom is -0.469 e. The lowest BCUT2D eigenvalue weighted by atomic mass is 9.75. The lowest BCUT2D eigenvalue weighted by Gasteiger charge is -2.33. The van der Waals surface area contributed by atoms with E-state index in [1.165, 1.54) is 7.11 Å². The van der Waals surface area contributed by atoms with E-state index in [9.17, 15) is 9.59 Å². The van der Waals surface area contributed by atoms with E-state index in [-0.39, 0.29) is 24.6 Å². The minimum atomic E-state index is -0.761. The molecule has 2 rings (SSSR count). The van der Waals surface area contributed by atoms with Crippen LogP contribution in [0.4, 0.5) is 0 Å². The molecule has 0 bridgehead atoms. The average Bonchev–Trinajstić information content (AvgIpc) is 2.51. The molecule has 0 aliphatic carbocycles. The molecule has 0 N–H and O–H groups in total. The number of ether oxygens (including phenoxy) is 2. The van der Waals surface area contributed by atoms with Crippen molar-refractivity contribution in [3.05, 3.63) is 33.3 Å². The number of hydrogen-bond donors (Lipinski definition) is 0. The zero-order chi connectivity index (χ0) is 16.2. The molecule has 6 heteroatoms. The van der Waals surface area contributed by atoms with Crippen molar-refractivity contribution in [2.75, 3.05) is 20.3 Å². The molecule has 22 heavy (non-hydrogen) atoms. The van der Waals surface area contributed by atoms with E-state index in [0.717, 1.165) is 10.0 Å². The first-order valence-corrected chi connectivity index (χ1v) is 8.26. The van der Waals surface area contributed by atoms with Gasteiger partial charge in [0.25, 0.3) is 0 Å². The Hall–Kier alpha value is -0.910. The lowest BCUT2D eigenvalue weighted by molar-refractivity contribution is -0.161. The number of Topliss-reactive ketones (excluding diaryl/α,β-unsaturated/α-hetero) is 1. The summed E-state index contributed by atoms with van der Waals surface area (Å²) in [6.45, 7) is 0.944. The second-order valence-electron chi connectivity index (χ2n) is 5.51. The zero-order valence-electron chi connectivity index (χ0n) is 12.4. The Balaban J connectivity index is 2.11. The maximum absolute atomic E-state index is 12.4. The molecule has 0 unspecified atom stereocenters. The van der Waals surface area contributed by atoms with Crippen molar-refractivity contribution in [3.63, 3.8) is 0 Å². The maximum atomic E-state index is 12.4. The van der Waals surface area contributed by atoms with E-state index in [1.54, 1.807) is 6.07 Å². The summed E-state index contributed by atoms with van der Waals surface area (Å²) in [4.78, 5) is 24.6. The molecule has 4 nitrogen and oxygen atoms in total. The van der Waals surface area contributed by atoms with Crippen LogP contribution in [0.25, 0.3) is 0 Å². The summed E-state index contributed by atoms with van der Waals surface area (Å²) in [5, 5.41) is 0.552. The van der Waals surface area contributed by atoms with Crippen LogP contribution in [0.1, 0.15) is 24.8 Å². The van der Waals surface area contributed by atoms with Crippen LogP contribution < -0.4 is 0 Å². The Bertz CT molecular complexity index is 567. The highest BCUT2D eigenvalue weighted by molar-refractivity contribution is 9.10. The van der Waals surface area contributed by atoms with E-state index in [2.05, 4.69) is 15.9 Å². The number of carbonyl (C=O) groups is 2. The molecule has 0 radical (unpaired) electrons. The smallest absolute Gasteiger partial charge is 0.312 e. The average molecular weight is 390 g/mol. The molecule has 0 amide bonds. The molecule has 0 aromatic heterocycles. The van der Waals surface area contributed by atoms with Gasteiger partial charge in [-0.15, -0.1) is 0 Å². The molecule has 0 atom stereocenters. The van der Waals surface area contributed by atoms with Crippen LogP contribution in [0.2, 0.25) is 5.02 Å². The predicted octanol–water partition coefficient (Wildman–Crippen LogP) is 3.57. The third-order valence-electron chi connectivity index (χ3n) is 4.00. The van der Waals surface area contributed by atoms with Gasteiger partial charge >= 0.3 is 5.97 Å². The van der Waals surface area contributed by atoms with Crippen molar-refractivity contribution in [2.24, 2.45) is 5.41 Å². The molecule has 1 heterocycles. The fraction of sp³-hybridized carbons (Fsp3) is 0.500. The summed E-state index contributed by atoms with van der Waals surface area (Å²) in [6, 6.07) is 5.40. The molecule has 0 saturated carbocycles. The van der Waals surface area contributed by atoms with E-state index in [1.807, 2.05) is 12.1 Å². The van der Waals surface area contributed by atoms with Crippen molar-refractivity contribution in [3.8, 4) is 0 Å². The molecule has 1 aliphatic rings. The second kappa shape index (κ2) is 7.57. The molecular weight excluding hydrogens is 372 g/mol. The largest absolute Gasteiger partial charge is 0.469 e. The number of hydrogen-bond acceptors (Lipinski definition) is 4. The SMILES string of the molecule is COC(=O)C1(CC(=O)Cc2cc(Br)ccc2Cl)CCOCC1. The Morgan fingerprint density at radius 1 is 1.36 bits per heavy atom. The molecule has 1 aromatic carbocycles. The van der Waals surface area contributed by atoms with Crippen LogP contribution in [0.15, 0.2) is 22.7 Å². The lowest BCUT2D eigenvalue weighted by Crippen LogP contribution is -2.40. The summed E-state index contributed by atoms with van der Waals surface area (Å²) in [5.41, 5.74) is -0.00382. The normalized spacial score (nSPS) is 17.0. The fourth-order valence-corrected chi connectivity index (χ4v) is 3.36. The van der Waals surface area contributed by atoms with Gasteiger partial charge in [0, 0.05) is 35.6 Å². The summed E-state index contributed by atoms with van der Waals surface area (Å²) in [5.74, 6) is -0.350. The molecule has 120 valence electrons. The van der Waals surface area contributed by atoms with Crippen molar-refractivity contribution in [1.29, 1.82) is 0 Å². The van der Waals surface area contributed by atoms with E-state index >= 15 is 0 Å². The van der Waals surface area contributed by atoms with Gasteiger partial charge in [-0.25, -0.2) is 0 Å². The van der Waals surface area contributed by atoms with Crippen molar-refractivity contribution >= 4 is 39.3 Å². The van der Waals surface area contributed by atoms with Gasteiger partial charge in [-0.1, -0.05) is 27.5 Å². The van der Waals surface area contributed by atoms with Crippen molar-refractivity contribution < 1.29 is 19.1 Å². The molecule has 0 spiro atoms. The monoisotopic (exact) mass is 388 g/mol. The number of rotatable bonds is 5. The molecular formula is C16H18BrClO4. The Labute approximate surface area is 143 Å². The maximum Gasteiger partial charge on any atom is 0.312 e. The van der Waals surface area contributed by atoms with Crippen molar-refractivity contribution in [1.82, 2.24) is 0 Å². The first-order chi connectivity index (χ1) is 10.5. The minimum absolute atomic E-state index is 0.0210. The van der Waals surface area contributed by atoms with E-state index in [0.29, 0.717) is 31.1 Å². The number of methoxy groups -OCH3 is 1. The van der Waals surface area contributed by atoms with Gasteiger partial charge in [0.15, 0.2) is 0 Å². The van der Waals surface area contributed by atoms with Crippen LogP contribution >= 0.6 is 27.5 Å². The number of ketones is 1. The first-order valence-electron chi connectivity index (χ1n) is 7.09. The number of benzene rings is 1. The predicted molar refractivity (Wildman–Crippen MR) is 87.0 cm³/mol. The fourth-order valence-electron chi connectivity index (χ4n) is 2.76. The standard InChI is InChI=1S/C16H18BrClO4/c1-21-15(20)16(4-6-22-7-5-16)10-13(19)9-11-8-12(17)2-3-14(11)18/h2-3,8H,4-7,9-10H2,1H3. The summed E-state index contributed by atoms with van der Waals surface area (Å²) >= 11 is 9.49. The molecule has 1 aromatic rings. The Kier molecular flexibility index (Phi) is 6.01.